The van der Waals surface area contributed by atoms with Gasteiger partial charge in [0.1, 0.15) is 17.9 Å². The number of rotatable bonds is 7. The number of benzene rings is 2. The number of nitrogens with two attached hydrogens (primary N) is 1. The van der Waals surface area contributed by atoms with Crippen LogP contribution in [0, 0.1) is 6.92 Å². The molecule has 6 heteroatoms. The van der Waals surface area contributed by atoms with Gasteiger partial charge >= 0.3 is 0 Å². The number of pyridine rings is 2. The first-order valence-electron chi connectivity index (χ1n) is 11.6. The van der Waals surface area contributed by atoms with E-state index in [4.69, 9.17) is 15.2 Å². The summed E-state index contributed by atoms with van der Waals surface area (Å²) in [4.78, 5) is 11.6. The largest absolute Gasteiger partial charge is 0.492 e. The summed E-state index contributed by atoms with van der Waals surface area (Å²) in [7, 11) is 0. The third-order valence-corrected chi connectivity index (χ3v) is 6.28. The smallest absolute Gasteiger partial charge is 0.150 e. The molecule has 0 spiro atoms. The molecule has 0 aliphatic carbocycles. The number of nitrogens with zero attached hydrogens (tertiary/aromatic N) is 3. The van der Waals surface area contributed by atoms with Crippen LogP contribution in [0.4, 0.5) is 5.82 Å². The molecule has 0 atom stereocenters. The van der Waals surface area contributed by atoms with E-state index in [0.29, 0.717) is 12.4 Å². The summed E-state index contributed by atoms with van der Waals surface area (Å²) >= 11 is 0. The maximum atomic E-state index is 6.18. The van der Waals surface area contributed by atoms with Gasteiger partial charge in [-0.3, -0.25) is 9.88 Å². The fourth-order valence-electron chi connectivity index (χ4n) is 4.36. The van der Waals surface area contributed by atoms with Crippen LogP contribution in [0.3, 0.4) is 0 Å². The lowest BCUT2D eigenvalue weighted by atomic mass is 10.0. The van der Waals surface area contributed by atoms with Gasteiger partial charge in [-0.15, -0.1) is 0 Å². The molecule has 1 saturated heterocycles. The van der Waals surface area contributed by atoms with E-state index in [-0.39, 0.29) is 0 Å². The molecule has 0 saturated carbocycles. The zero-order chi connectivity index (χ0) is 22.6. The monoisotopic (exact) mass is 442 g/mol. The first-order chi connectivity index (χ1) is 16.2. The van der Waals surface area contributed by atoms with Crippen molar-refractivity contribution in [2.75, 3.05) is 45.2 Å². The van der Waals surface area contributed by atoms with Crippen LogP contribution in [0.2, 0.25) is 0 Å². The number of aromatic nitrogens is 2. The molecule has 1 aliphatic heterocycles. The highest BCUT2D eigenvalue weighted by Gasteiger charge is 2.11. The molecule has 33 heavy (non-hydrogen) atoms. The van der Waals surface area contributed by atoms with Gasteiger partial charge in [-0.25, -0.2) is 4.98 Å². The second-order valence-electron chi connectivity index (χ2n) is 8.70. The summed E-state index contributed by atoms with van der Waals surface area (Å²) in [6, 6.07) is 16.9. The van der Waals surface area contributed by atoms with Gasteiger partial charge in [-0.1, -0.05) is 24.3 Å². The number of fused-ring (bicyclic) bond motifs is 3. The minimum atomic E-state index is 0.485. The highest BCUT2D eigenvalue weighted by atomic mass is 16.5. The normalized spacial score (nSPS) is 14.7. The molecular formula is C27H30N4O2. The number of ether oxygens (including phenoxy) is 2. The number of hydrogen-bond acceptors (Lipinski definition) is 6. The minimum absolute atomic E-state index is 0.485. The molecule has 170 valence electrons. The van der Waals surface area contributed by atoms with E-state index in [1.165, 1.54) is 16.7 Å². The molecule has 2 aromatic heterocycles. The lowest BCUT2D eigenvalue weighted by Crippen LogP contribution is -2.38. The van der Waals surface area contributed by atoms with Gasteiger partial charge < -0.3 is 15.2 Å². The van der Waals surface area contributed by atoms with Crippen molar-refractivity contribution in [1.29, 1.82) is 0 Å². The van der Waals surface area contributed by atoms with Gasteiger partial charge in [0, 0.05) is 36.6 Å². The van der Waals surface area contributed by atoms with Crippen LogP contribution in [0.25, 0.3) is 21.8 Å². The highest BCUT2D eigenvalue weighted by molar-refractivity contribution is 6.08. The third kappa shape index (κ3) is 5.07. The van der Waals surface area contributed by atoms with E-state index in [1.807, 2.05) is 6.20 Å². The summed E-state index contributed by atoms with van der Waals surface area (Å²) < 4.78 is 11.3. The second-order valence-corrected chi connectivity index (χ2v) is 8.70. The third-order valence-electron chi connectivity index (χ3n) is 6.28. The molecule has 2 N–H and O–H groups in total. The van der Waals surface area contributed by atoms with E-state index < -0.39 is 0 Å². The molecule has 4 aromatic rings. The molecule has 5 rings (SSSR count). The Kier molecular flexibility index (Phi) is 6.37. The van der Waals surface area contributed by atoms with Crippen LogP contribution in [-0.4, -0.2) is 54.3 Å². The summed E-state index contributed by atoms with van der Waals surface area (Å²) in [5, 5.41) is 2.16. The predicted molar refractivity (Wildman–Crippen MR) is 133 cm³/mol. The fraction of sp³-hybridized carbons (Fsp3) is 0.333. The Hall–Kier alpha value is -3.22. The van der Waals surface area contributed by atoms with Crippen LogP contribution in [0.5, 0.6) is 5.75 Å². The van der Waals surface area contributed by atoms with Crippen molar-refractivity contribution < 1.29 is 9.47 Å². The molecule has 1 aliphatic rings. The predicted octanol–water partition coefficient (Wildman–Crippen LogP) is 4.17. The van der Waals surface area contributed by atoms with Crippen molar-refractivity contribution in [1.82, 2.24) is 14.9 Å². The van der Waals surface area contributed by atoms with Crippen molar-refractivity contribution in [2.24, 2.45) is 0 Å². The van der Waals surface area contributed by atoms with E-state index in [1.54, 1.807) is 0 Å². The Labute approximate surface area is 194 Å². The lowest BCUT2D eigenvalue weighted by Gasteiger charge is -2.26. The standard InChI is InChI=1S/C27H30N4O2/c1-19-2-9-23-24-17-21(18-29-26(24)27(28)30-25(23)16-19)4-3-20-5-7-22(8-6-20)33-15-12-31-10-13-32-14-11-31/h2,5-9,16-18H,3-4,10-15H2,1H3,(H2,28,30). The molecular weight excluding hydrogens is 412 g/mol. The highest BCUT2D eigenvalue weighted by Crippen LogP contribution is 2.28. The first kappa shape index (κ1) is 21.6. The number of hydrogen-bond donors (Lipinski definition) is 1. The Morgan fingerprint density at radius 2 is 1.76 bits per heavy atom. The van der Waals surface area contributed by atoms with Gasteiger partial charge in [0.2, 0.25) is 0 Å². The topological polar surface area (TPSA) is 73.5 Å². The summed E-state index contributed by atoms with van der Waals surface area (Å²) in [5.41, 5.74) is 11.5. The maximum absolute atomic E-state index is 6.18. The zero-order valence-corrected chi connectivity index (χ0v) is 19.1. The SMILES string of the molecule is Cc1ccc2c(c1)nc(N)c1ncc(CCc3ccc(OCCN4CCOCC4)cc3)cc12. The Morgan fingerprint density at radius 1 is 0.970 bits per heavy atom. The number of morpholine rings is 1. The minimum Gasteiger partial charge on any atom is -0.492 e. The average Bonchev–Trinajstić information content (AvgIpc) is 2.84. The molecule has 0 amide bonds. The Balaban J connectivity index is 1.22. The fourth-order valence-corrected chi connectivity index (χ4v) is 4.36. The Morgan fingerprint density at radius 3 is 2.58 bits per heavy atom. The Bertz CT molecular complexity index is 1250. The molecule has 6 nitrogen and oxygen atoms in total. The second kappa shape index (κ2) is 9.73. The van der Waals surface area contributed by atoms with E-state index >= 15 is 0 Å². The number of anilines is 1. The number of aryl methyl sites for hydroxylation is 3. The van der Waals surface area contributed by atoms with E-state index in [9.17, 15) is 0 Å². The molecule has 0 bridgehead atoms. The van der Waals surface area contributed by atoms with Gasteiger partial charge in [0.25, 0.3) is 0 Å². The summed E-state index contributed by atoms with van der Waals surface area (Å²) in [5.74, 6) is 1.41. The van der Waals surface area contributed by atoms with Crippen molar-refractivity contribution in [3.05, 3.63) is 71.4 Å². The van der Waals surface area contributed by atoms with Gasteiger partial charge in [-0.05, 0) is 60.7 Å². The van der Waals surface area contributed by atoms with Crippen LogP contribution in [0.15, 0.2) is 54.7 Å². The summed E-state index contributed by atoms with van der Waals surface area (Å²) in [6.45, 7) is 7.33. The van der Waals surface area contributed by atoms with Crippen molar-refractivity contribution >= 4 is 27.6 Å². The van der Waals surface area contributed by atoms with Crippen LogP contribution >= 0.6 is 0 Å². The number of nitrogen functional groups attached to an aromatic ring is 1. The summed E-state index contributed by atoms with van der Waals surface area (Å²) in [6.07, 6.45) is 3.78. The van der Waals surface area contributed by atoms with Crippen molar-refractivity contribution in [2.45, 2.75) is 19.8 Å². The van der Waals surface area contributed by atoms with Gasteiger partial charge in [-0.2, -0.15) is 0 Å². The molecule has 0 unspecified atom stereocenters. The quantitative estimate of drug-likeness (QED) is 0.433. The van der Waals surface area contributed by atoms with Crippen LogP contribution in [0.1, 0.15) is 16.7 Å². The van der Waals surface area contributed by atoms with Crippen molar-refractivity contribution in [3.63, 3.8) is 0 Å². The zero-order valence-electron chi connectivity index (χ0n) is 19.1. The molecule has 0 radical (unpaired) electrons. The first-order valence-corrected chi connectivity index (χ1v) is 11.6. The maximum Gasteiger partial charge on any atom is 0.150 e. The van der Waals surface area contributed by atoms with Crippen LogP contribution < -0.4 is 10.5 Å². The molecule has 1 fully saturated rings. The lowest BCUT2D eigenvalue weighted by molar-refractivity contribution is 0.0322. The average molecular weight is 443 g/mol. The van der Waals surface area contributed by atoms with Crippen LogP contribution in [-0.2, 0) is 17.6 Å². The van der Waals surface area contributed by atoms with Gasteiger partial charge in [0.15, 0.2) is 5.82 Å². The van der Waals surface area contributed by atoms with Gasteiger partial charge in [0.05, 0.1) is 18.7 Å². The molecule has 3 heterocycles. The van der Waals surface area contributed by atoms with Crippen molar-refractivity contribution in [3.8, 4) is 5.75 Å². The van der Waals surface area contributed by atoms with E-state index in [2.05, 4.69) is 70.3 Å². The molecule has 2 aromatic carbocycles. The van der Waals surface area contributed by atoms with E-state index in [0.717, 1.165) is 73.2 Å².